The van der Waals surface area contributed by atoms with Gasteiger partial charge in [0.25, 0.3) is 5.91 Å². The number of piperidine rings is 1. The van der Waals surface area contributed by atoms with Crippen molar-refractivity contribution in [3.8, 4) is 11.5 Å². The first-order chi connectivity index (χ1) is 28.1. The fourth-order valence-corrected chi connectivity index (χ4v) is 8.87. The van der Waals surface area contributed by atoms with E-state index in [4.69, 9.17) is 18.9 Å². The number of carboxylic acids is 1. The van der Waals surface area contributed by atoms with E-state index in [2.05, 4.69) is 25.7 Å². The van der Waals surface area contributed by atoms with Gasteiger partial charge < -0.3 is 43.7 Å². The smallest absolute Gasteiger partial charge is 0.410 e. The second kappa shape index (κ2) is 18.1. The zero-order valence-electron chi connectivity index (χ0n) is 37.4. The standard InChI is InChI=1S/C47H68N4O9/c1-45(2,3)33-13-10-31(11-14-33)38-28-32(12-17-39(38)58-36-20-23-51(30-36)44(56)60-47(7,8)9)41(52)49-21-18-35(19-22-49)57-40-29-34(15-16-37(40)42(53)54)48-24-26-50(27-25-48)43(55)59-46(4,5)6/h12,15-17,28-29,31,33,35-36H,10-11,13-14,18-27,30H2,1-9H3,(H,53,54)/t31?,33?,36-/m0/s1. The molecule has 0 unspecified atom stereocenters. The van der Waals surface area contributed by atoms with Gasteiger partial charge in [0, 0.05) is 82.4 Å². The first kappa shape index (κ1) is 44.9. The number of hydrogen-bond donors (Lipinski definition) is 1. The van der Waals surface area contributed by atoms with Crippen LogP contribution in [-0.4, -0.2) is 120 Å². The van der Waals surface area contributed by atoms with Crippen molar-refractivity contribution in [1.29, 1.82) is 0 Å². The van der Waals surface area contributed by atoms with E-state index < -0.39 is 17.2 Å². The van der Waals surface area contributed by atoms with Crippen molar-refractivity contribution in [2.24, 2.45) is 11.3 Å². The van der Waals surface area contributed by atoms with Crippen molar-refractivity contribution in [2.75, 3.05) is 57.3 Å². The highest BCUT2D eigenvalue weighted by molar-refractivity contribution is 5.95. The maximum Gasteiger partial charge on any atom is 0.410 e. The van der Waals surface area contributed by atoms with Crippen LogP contribution in [0.15, 0.2) is 36.4 Å². The number of anilines is 1. The number of carboxylic acid groups (broad SMARTS) is 1. The quantitative estimate of drug-likeness (QED) is 0.275. The predicted molar refractivity (Wildman–Crippen MR) is 230 cm³/mol. The van der Waals surface area contributed by atoms with Crippen LogP contribution in [0, 0.1) is 11.3 Å². The number of aromatic carboxylic acids is 1. The maximum atomic E-state index is 14.1. The summed E-state index contributed by atoms with van der Waals surface area (Å²) in [6.07, 6.45) is 5.01. The molecule has 3 saturated heterocycles. The number of benzene rings is 2. The van der Waals surface area contributed by atoms with E-state index in [9.17, 15) is 24.3 Å². The number of nitrogens with zero attached hydrogens (tertiary/aromatic N) is 4. The van der Waals surface area contributed by atoms with Gasteiger partial charge in [0.15, 0.2) is 0 Å². The summed E-state index contributed by atoms with van der Waals surface area (Å²) in [5.41, 5.74) is 1.71. The summed E-state index contributed by atoms with van der Waals surface area (Å²) in [5, 5.41) is 10.0. The van der Waals surface area contributed by atoms with Crippen LogP contribution in [0.2, 0.25) is 0 Å². The van der Waals surface area contributed by atoms with Gasteiger partial charge in [0.05, 0.1) is 6.54 Å². The van der Waals surface area contributed by atoms with Crippen LogP contribution in [-0.2, 0) is 9.47 Å². The topological polar surface area (TPSA) is 138 Å². The average Bonchev–Trinajstić information content (AvgIpc) is 3.65. The van der Waals surface area contributed by atoms with Gasteiger partial charge in [-0.2, -0.15) is 0 Å². The molecule has 4 aliphatic rings. The predicted octanol–water partition coefficient (Wildman–Crippen LogP) is 8.83. The third kappa shape index (κ3) is 11.6. The van der Waals surface area contributed by atoms with Crippen molar-refractivity contribution in [3.05, 3.63) is 53.1 Å². The fourth-order valence-electron chi connectivity index (χ4n) is 8.87. The number of piperazine rings is 1. The lowest BCUT2D eigenvalue weighted by molar-refractivity contribution is 0.0237. The summed E-state index contributed by atoms with van der Waals surface area (Å²) >= 11 is 0. The lowest BCUT2D eigenvalue weighted by Gasteiger charge is -2.38. The van der Waals surface area contributed by atoms with Crippen LogP contribution in [0.5, 0.6) is 11.5 Å². The van der Waals surface area contributed by atoms with E-state index in [1.165, 1.54) is 0 Å². The Balaban J connectivity index is 1.10. The minimum Gasteiger partial charge on any atom is -0.489 e. The minimum atomic E-state index is -1.07. The summed E-state index contributed by atoms with van der Waals surface area (Å²) in [7, 11) is 0. The Hall–Kier alpha value is -4.68. The molecule has 13 heteroatoms. The highest BCUT2D eigenvalue weighted by Gasteiger charge is 2.35. The summed E-state index contributed by atoms with van der Waals surface area (Å²) in [6.45, 7) is 22.2. The van der Waals surface area contributed by atoms with E-state index in [1.807, 2.05) is 64.6 Å². The van der Waals surface area contributed by atoms with Crippen LogP contribution in [0.3, 0.4) is 0 Å². The normalized spacial score (nSPS) is 22.1. The second-order valence-electron chi connectivity index (χ2n) is 20.2. The molecule has 0 radical (unpaired) electrons. The first-order valence-electron chi connectivity index (χ1n) is 22.0. The highest BCUT2D eigenvalue weighted by atomic mass is 16.6. The van der Waals surface area contributed by atoms with Crippen LogP contribution < -0.4 is 14.4 Å². The molecule has 6 rings (SSSR count). The van der Waals surface area contributed by atoms with Gasteiger partial charge in [-0.25, -0.2) is 14.4 Å². The summed E-state index contributed by atoms with van der Waals surface area (Å²) < 4.78 is 24.2. The number of amides is 3. The van der Waals surface area contributed by atoms with Crippen LogP contribution in [0.25, 0.3) is 0 Å². The first-order valence-corrected chi connectivity index (χ1v) is 22.0. The molecule has 1 atom stereocenters. The number of likely N-dealkylation sites (tertiary alicyclic amines) is 2. The van der Waals surface area contributed by atoms with Crippen molar-refractivity contribution >= 4 is 29.8 Å². The van der Waals surface area contributed by atoms with Crippen LogP contribution >= 0.6 is 0 Å². The fraction of sp³-hybridized carbons (Fsp3) is 0.660. The molecule has 0 spiro atoms. The molecule has 60 heavy (non-hydrogen) atoms. The number of ether oxygens (including phenoxy) is 4. The van der Waals surface area contributed by atoms with Gasteiger partial charge in [-0.1, -0.05) is 20.8 Å². The second-order valence-corrected chi connectivity index (χ2v) is 20.2. The van der Waals surface area contributed by atoms with Gasteiger partial charge in [-0.3, -0.25) is 4.79 Å². The van der Waals surface area contributed by atoms with Crippen molar-refractivity contribution in [3.63, 3.8) is 0 Å². The molecule has 1 N–H and O–H groups in total. The van der Waals surface area contributed by atoms with Gasteiger partial charge in [0.2, 0.25) is 0 Å². The molecular formula is C47H68N4O9. The lowest BCUT2D eigenvalue weighted by atomic mass is 9.68. The van der Waals surface area contributed by atoms with Crippen LogP contribution in [0.4, 0.5) is 15.3 Å². The highest BCUT2D eigenvalue weighted by Crippen LogP contribution is 2.46. The molecule has 0 aromatic heterocycles. The number of hydrogen-bond acceptors (Lipinski definition) is 9. The van der Waals surface area contributed by atoms with Crippen molar-refractivity contribution in [2.45, 2.75) is 137 Å². The SMILES string of the molecule is CC(C)(C)OC(=O)N1CCN(c2ccc(C(=O)O)c(OC3CCN(C(=O)c4ccc(O[C@H]5CCN(C(=O)OC(C)(C)C)C5)c(C5CCC(C(C)(C)C)CC5)c4)CC3)c2)CC1. The molecule has 3 aliphatic heterocycles. The van der Waals surface area contributed by atoms with E-state index in [1.54, 1.807) is 28.0 Å². The summed E-state index contributed by atoms with van der Waals surface area (Å²) in [6, 6.07) is 11.0. The summed E-state index contributed by atoms with van der Waals surface area (Å²) in [5.74, 6) is 0.886. The molecule has 1 saturated carbocycles. The van der Waals surface area contributed by atoms with E-state index in [0.717, 1.165) is 42.7 Å². The van der Waals surface area contributed by atoms with E-state index >= 15 is 0 Å². The largest absolute Gasteiger partial charge is 0.489 e. The molecule has 1 aliphatic carbocycles. The Bertz CT molecular complexity index is 1850. The molecule has 2 aromatic carbocycles. The Morgan fingerprint density at radius 1 is 0.600 bits per heavy atom. The Morgan fingerprint density at radius 3 is 1.75 bits per heavy atom. The number of rotatable bonds is 8. The zero-order chi connectivity index (χ0) is 43.6. The van der Waals surface area contributed by atoms with Crippen molar-refractivity contribution in [1.82, 2.24) is 14.7 Å². The molecule has 0 bridgehead atoms. The van der Waals surface area contributed by atoms with Crippen LogP contribution in [0.1, 0.15) is 139 Å². The van der Waals surface area contributed by atoms with E-state index in [0.29, 0.717) is 88.9 Å². The molecule has 330 valence electrons. The average molecular weight is 833 g/mol. The monoisotopic (exact) mass is 832 g/mol. The zero-order valence-corrected chi connectivity index (χ0v) is 37.4. The minimum absolute atomic E-state index is 0.0414. The Kier molecular flexibility index (Phi) is 13.5. The number of carbonyl (C=O) groups is 4. The Labute approximate surface area is 356 Å². The molecule has 13 nitrogen and oxygen atoms in total. The molecule has 3 heterocycles. The van der Waals surface area contributed by atoms with Gasteiger partial charge in [0.1, 0.15) is 40.5 Å². The van der Waals surface area contributed by atoms with Gasteiger partial charge in [-0.05, 0) is 120 Å². The molecule has 4 fully saturated rings. The van der Waals surface area contributed by atoms with Crippen molar-refractivity contribution < 1.29 is 43.2 Å². The molecule has 3 amide bonds. The number of carbonyl (C=O) groups excluding carboxylic acids is 3. The van der Waals surface area contributed by atoms with E-state index in [-0.39, 0.29) is 47.2 Å². The third-order valence-corrected chi connectivity index (χ3v) is 12.3. The lowest BCUT2D eigenvalue weighted by Crippen LogP contribution is -2.50. The summed E-state index contributed by atoms with van der Waals surface area (Å²) in [4.78, 5) is 59.2. The van der Waals surface area contributed by atoms with Gasteiger partial charge >= 0.3 is 18.2 Å². The third-order valence-electron chi connectivity index (χ3n) is 12.3. The maximum absolute atomic E-state index is 14.1. The Morgan fingerprint density at radius 2 is 1.17 bits per heavy atom. The van der Waals surface area contributed by atoms with Gasteiger partial charge in [-0.15, -0.1) is 0 Å². The molecular weight excluding hydrogens is 765 g/mol. The molecule has 2 aromatic rings.